The summed E-state index contributed by atoms with van der Waals surface area (Å²) in [7, 11) is 0. The van der Waals surface area contributed by atoms with E-state index in [0.717, 1.165) is 19.4 Å². The Morgan fingerprint density at radius 2 is 2.38 bits per heavy atom. The van der Waals surface area contributed by atoms with Crippen LogP contribution in [0.1, 0.15) is 19.3 Å². The van der Waals surface area contributed by atoms with Crippen molar-refractivity contribution in [1.82, 2.24) is 4.90 Å². The second kappa shape index (κ2) is 3.54. The molecule has 2 atom stereocenters. The zero-order chi connectivity index (χ0) is 9.26. The molecule has 0 bridgehead atoms. The summed E-state index contributed by atoms with van der Waals surface area (Å²) in [5.41, 5.74) is 5.66. The number of ether oxygens (including phenoxy) is 1. The lowest BCUT2D eigenvalue weighted by Gasteiger charge is -2.26. The van der Waals surface area contributed by atoms with Crippen molar-refractivity contribution in [3.63, 3.8) is 0 Å². The number of amides is 1. The number of nitrogens with zero attached hydrogens (tertiary/aromatic N) is 1. The van der Waals surface area contributed by atoms with Crippen molar-refractivity contribution in [2.24, 2.45) is 11.7 Å². The fraction of sp³-hybridized carbons (Fsp3) is 0.889. The highest BCUT2D eigenvalue weighted by Gasteiger charge is 2.36. The van der Waals surface area contributed by atoms with Crippen molar-refractivity contribution >= 4 is 6.09 Å². The van der Waals surface area contributed by atoms with Crippen molar-refractivity contribution in [2.45, 2.75) is 25.3 Å². The minimum atomic E-state index is -0.148. The first kappa shape index (κ1) is 8.81. The van der Waals surface area contributed by atoms with Gasteiger partial charge in [-0.1, -0.05) is 6.42 Å². The molecule has 2 rings (SSSR count). The molecule has 1 saturated heterocycles. The molecule has 0 aromatic heterocycles. The van der Waals surface area contributed by atoms with Crippen LogP contribution in [-0.2, 0) is 4.74 Å². The summed E-state index contributed by atoms with van der Waals surface area (Å²) in [6.45, 7) is 1.99. The largest absolute Gasteiger partial charge is 0.448 e. The highest BCUT2D eigenvalue weighted by Crippen LogP contribution is 2.30. The van der Waals surface area contributed by atoms with E-state index < -0.39 is 0 Å². The van der Waals surface area contributed by atoms with Gasteiger partial charge in [0.2, 0.25) is 0 Å². The Labute approximate surface area is 78.0 Å². The van der Waals surface area contributed by atoms with E-state index in [1.54, 1.807) is 0 Å². The van der Waals surface area contributed by atoms with Crippen LogP contribution in [-0.4, -0.2) is 36.7 Å². The van der Waals surface area contributed by atoms with E-state index in [9.17, 15) is 4.79 Å². The predicted molar refractivity (Wildman–Crippen MR) is 48.2 cm³/mol. The normalized spacial score (nSPS) is 33.9. The number of hydrogen-bond donors (Lipinski definition) is 1. The highest BCUT2D eigenvalue weighted by atomic mass is 16.6. The molecule has 0 radical (unpaired) electrons. The molecule has 2 unspecified atom stereocenters. The molecule has 4 nitrogen and oxygen atoms in total. The van der Waals surface area contributed by atoms with E-state index in [1.165, 1.54) is 6.42 Å². The molecule has 0 spiro atoms. The van der Waals surface area contributed by atoms with Crippen LogP contribution in [0.25, 0.3) is 0 Å². The van der Waals surface area contributed by atoms with E-state index in [1.807, 2.05) is 4.90 Å². The number of cyclic esters (lactones) is 1. The van der Waals surface area contributed by atoms with Gasteiger partial charge in [-0.15, -0.1) is 0 Å². The van der Waals surface area contributed by atoms with Crippen LogP contribution in [0.4, 0.5) is 4.79 Å². The van der Waals surface area contributed by atoms with Crippen LogP contribution < -0.4 is 5.73 Å². The van der Waals surface area contributed by atoms with E-state index >= 15 is 0 Å². The predicted octanol–water partition coefficient (Wildman–Crippen LogP) is 0.566. The zero-order valence-electron chi connectivity index (χ0n) is 7.74. The third kappa shape index (κ3) is 1.50. The molecule has 74 valence electrons. The fourth-order valence-electron chi connectivity index (χ4n) is 2.41. The first-order valence-electron chi connectivity index (χ1n) is 4.96. The summed E-state index contributed by atoms with van der Waals surface area (Å²) >= 11 is 0. The first-order valence-corrected chi connectivity index (χ1v) is 4.96. The van der Waals surface area contributed by atoms with Gasteiger partial charge in [-0.05, 0) is 25.3 Å². The van der Waals surface area contributed by atoms with Crippen LogP contribution in [0.2, 0.25) is 0 Å². The average Bonchev–Trinajstić information content (AvgIpc) is 2.71. The number of carbonyl (C=O) groups is 1. The molecular weight excluding hydrogens is 168 g/mol. The van der Waals surface area contributed by atoms with Crippen molar-refractivity contribution < 1.29 is 9.53 Å². The number of nitrogens with two attached hydrogens (primary N) is 1. The molecule has 13 heavy (non-hydrogen) atoms. The lowest BCUT2D eigenvalue weighted by Crippen LogP contribution is -2.40. The van der Waals surface area contributed by atoms with Gasteiger partial charge >= 0.3 is 6.09 Å². The van der Waals surface area contributed by atoms with Gasteiger partial charge in [-0.25, -0.2) is 4.79 Å². The lowest BCUT2D eigenvalue weighted by atomic mass is 10.0. The monoisotopic (exact) mass is 184 g/mol. The standard InChI is InChI=1S/C9H16N2O2/c10-6-7-2-1-3-8(7)11-4-5-13-9(11)12/h7-8H,1-6,10H2. The van der Waals surface area contributed by atoms with Gasteiger partial charge in [-0.3, -0.25) is 0 Å². The van der Waals surface area contributed by atoms with E-state index in [2.05, 4.69) is 0 Å². The molecule has 4 heteroatoms. The van der Waals surface area contributed by atoms with Gasteiger partial charge in [0.1, 0.15) is 6.61 Å². The maximum Gasteiger partial charge on any atom is 0.410 e. The summed E-state index contributed by atoms with van der Waals surface area (Å²) in [5, 5.41) is 0. The van der Waals surface area contributed by atoms with Crippen molar-refractivity contribution in [3.05, 3.63) is 0 Å². The molecule has 2 N–H and O–H groups in total. The Morgan fingerprint density at radius 1 is 1.54 bits per heavy atom. The van der Waals surface area contributed by atoms with Crippen molar-refractivity contribution in [2.75, 3.05) is 19.7 Å². The topological polar surface area (TPSA) is 55.6 Å². The van der Waals surface area contributed by atoms with Gasteiger partial charge in [0.15, 0.2) is 0 Å². The maximum absolute atomic E-state index is 11.3. The SMILES string of the molecule is NCC1CCCC1N1CCOC1=O. The Bertz CT molecular complexity index is 208. The zero-order valence-corrected chi connectivity index (χ0v) is 7.74. The average molecular weight is 184 g/mol. The summed E-state index contributed by atoms with van der Waals surface area (Å²) < 4.78 is 4.92. The highest BCUT2D eigenvalue weighted by molar-refractivity contribution is 5.69. The molecule has 1 aliphatic carbocycles. The van der Waals surface area contributed by atoms with Crippen molar-refractivity contribution in [3.8, 4) is 0 Å². The van der Waals surface area contributed by atoms with Crippen LogP contribution in [0.15, 0.2) is 0 Å². The van der Waals surface area contributed by atoms with Gasteiger partial charge in [0.05, 0.1) is 6.54 Å². The Balaban J connectivity index is 2.02. The molecule has 1 amide bonds. The molecule has 1 heterocycles. The second-order valence-electron chi connectivity index (χ2n) is 3.80. The molecule has 0 aromatic rings. The number of hydrogen-bond acceptors (Lipinski definition) is 3. The molecule has 2 fully saturated rings. The minimum absolute atomic E-state index is 0.148. The summed E-state index contributed by atoms with van der Waals surface area (Å²) in [5.74, 6) is 0.491. The Morgan fingerprint density at radius 3 is 3.00 bits per heavy atom. The van der Waals surface area contributed by atoms with Gasteiger partial charge in [0, 0.05) is 6.04 Å². The van der Waals surface area contributed by atoms with Crippen LogP contribution >= 0.6 is 0 Å². The molecular formula is C9H16N2O2. The summed E-state index contributed by atoms with van der Waals surface area (Å²) in [4.78, 5) is 13.1. The minimum Gasteiger partial charge on any atom is -0.448 e. The molecule has 1 aliphatic heterocycles. The summed E-state index contributed by atoms with van der Waals surface area (Å²) in [6.07, 6.45) is 3.29. The fourth-order valence-corrected chi connectivity index (χ4v) is 2.41. The maximum atomic E-state index is 11.3. The van der Waals surface area contributed by atoms with E-state index in [0.29, 0.717) is 25.1 Å². The van der Waals surface area contributed by atoms with Crippen LogP contribution in [0.3, 0.4) is 0 Å². The molecule has 2 aliphatic rings. The van der Waals surface area contributed by atoms with Gasteiger partial charge < -0.3 is 15.4 Å². The first-order chi connectivity index (χ1) is 6.33. The lowest BCUT2D eigenvalue weighted by molar-refractivity contribution is 0.140. The van der Waals surface area contributed by atoms with Gasteiger partial charge in [0.25, 0.3) is 0 Å². The van der Waals surface area contributed by atoms with E-state index in [-0.39, 0.29) is 6.09 Å². The smallest absolute Gasteiger partial charge is 0.410 e. The molecule has 0 aromatic carbocycles. The van der Waals surface area contributed by atoms with Gasteiger partial charge in [-0.2, -0.15) is 0 Å². The Kier molecular flexibility index (Phi) is 2.40. The van der Waals surface area contributed by atoms with E-state index in [4.69, 9.17) is 10.5 Å². The third-order valence-corrected chi connectivity index (χ3v) is 3.11. The number of carbonyl (C=O) groups excluding carboxylic acids is 1. The third-order valence-electron chi connectivity index (χ3n) is 3.11. The number of rotatable bonds is 2. The summed E-state index contributed by atoms with van der Waals surface area (Å²) in [6, 6.07) is 0.347. The molecule has 1 saturated carbocycles. The second-order valence-corrected chi connectivity index (χ2v) is 3.80. The van der Waals surface area contributed by atoms with Crippen LogP contribution in [0.5, 0.6) is 0 Å². The van der Waals surface area contributed by atoms with Crippen LogP contribution in [0, 0.1) is 5.92 Å². The quantitative estimate of drug-likeness (QED) is 0.682. The Hall–Kier alpha value is -0.770. The van der Waals surface area contributed by atoms with Crippen molar-refractivity contribution in [1.29, 1.82) is 0 Å².